The standard InChI is InChI=1S/C32H50O5/c1-19-10-13-32(27(34)35-7)15-14-30(5)21(25(32)20(19)2)8-9-24-28(3)16-22(33)26-29(4,17-36-18-37-26)23(28)11-12-31(24,30)6/h8,19-20,22-26,33H,9-18H2,1-7H3/t19-,20+,22?,23?,24?,25?,26?,28+,29+,30-,31-,32+/m1/s1. The summed E-state index contributed by atoms with van der Waals surface area (Å²) < 4.78 is 17.5. The van der Waals surface area contributed by atoms with Crippen molar-refractivity contribution in [1.29, 1.82) is 0 Å². The molecule has 1 heterocycles. The molecule has 5 aliphatic carbocycles. The summed E-state index contributed by atoms with van der Waals surface area (Å²) in [5, 5.41) is 11.4. The maximum Gasteiger partial charge on any atom is 0.312 e. The lowest BCUT2D eigenvalue weighted by molar-refractivity contribution is -0.305. The van der Waals surface area contributed by atoms with E-state index in [1.807, 2.05) is 0 Å². The molecule has 1 saturated heterocycles. The van der Waals surface area contributed by atoms with Crippen LogP contribution in [-0.4, -0.2) is 43.8 Å². The van der Waals surface area contributed by atoms with Crippen LogP contribution < -0.4 is 0 Å². The molecule has 5 heteroatoms. The van der Waals surface area contributed by atoms with Gasteiger partial charge in [-0.3, -0.25) is 4.79 Å². The normalized spacial score (nSPS) is 57.0. The van der Waals surface area contributed by atoms with Gasteiger partial charge in [0.15, 0.2) is 0 Å². The van der Waals surface area contributed by atoms with Gasteiger partial charge in [0, 0.05) is 5.41 Å². The van der Waals surface area contributed by atoms with Gasteiger partial charge < -0.3 is 19.3 Å². The molecule has 0 aromatic heterocycles. The number of aliphatic hydroxyl groups is 1. The van der Waals surface area contributed by atoms with Crippen molar-refractivity contribution < 1.29 is 24.1 Å². The SMILES string of the molecule is COC(=O)[C@]12CC[C@@H](C)[C@H](C)C1C1=CCC3[C@@]4(C)CC(O)C5OCOC[C@@]5(C)C4CC[C@@]3(C)[C@]1(C)CC2. The first kappa shape index (κ1) is 26.3. The Balaban J connectivity index is 1.44. The molecule has 4 saturated carbocycles. The van der Waals surface area contributed by atoms with Crippen molar-refractivity contribution in [1.82, 2.24) is 0 Å². The van der Waals surface area contributed by atoms with E-state index in [4.69, 9.17) is 14.2 Å². The Kier molecular flexibility index (Phi) is 5.90. The lowest BCUT2D eigenvalue weighted by Gasteiger charge is -2.72. The van der Waals surface area contributed by atoms with Crippen LogP contribution in [0.3, 0.4) is 0 Å². The maximum atomic E-state index is 13.5. The number of methoxy groups -OCH3 is 1. The molecular formula is C32H50O5. The third-order valence-electron chi connectivity index (χ3n) is 14.0. The lowest BCUT2D eigenvalue weighted by atomic mass is 9.33. The summed E-state index contributed by atoms with van der Waals surface area (Å²) in [5.41, 5.74) is 1.25. The van der Waals surface area contributed by atoms with Crippen LogP contribution in [0.5, 0.6) is 0 Å². The van der Waals surface area contributed by atoms with Crippen LogP contribution in [0, 0.1) is 56.7 Å². The number of ether oxygens (including phenoxy) is 3. The Morgan fingerprint density at radius 3 is 2.51 bits per heavy atom. The highest BCUT2D eigenvalue weighted by Gasteiger charge is 2.71. The number of esters is 1. The fourth-order valence-electron chi connectivity index (χ4n) is 11.8. The van der Waals surface area contributed by atoms with Crippen molar-refractivity contribution in [2.45, 2.75) is 105 Å². The number of allylic oxidation sites excluding steroid dienone is 2. The topological polar surface area (TPSA) is 65.0 Å². The molecule has 1 aliphatic heterocycles. The molecule has 12 atom stereocenters. The Morgan fingerprint density at radius 1 is 1.03 bits per heavy atom. The van der Waals surface area contributed by atoms with Gasteiger partial charge in [-0.25, -0.2) is 0 Å². The van der Waals surface area contributed by atoms with Gasteiger partial charge in [0.2, 0.25) is 0 Å². The average molecular weight is 515 g/mol. The van der Waals surface area contributed by atoms with Gasteiger partial charge in [-0.1, -0.05) is 53.2 Å². The number of rotatable bonds is 1. The first-order valence-corrected chi connectivity index (χ1v) is 15.1. The minimum Gasteiger partial charge on any atom is -0.469 e. The molecule has 6 rings (SSSR count). The smallest absolute Gasteiger partial charge is 0.312 e. The van der Waals surface area contributed by atoms with E-state index in [1.165, 1.54) is 6.42 Å². The van der Waals surface area contributed by atoms with Gasteiger partial charge >= 0.3 is 5.97 Å². The third-order valence-corrected chi connectivity index (χ3v) is 14.0. The van der Waals surface area contributed by atoms with E-state index in [2.05, 4.69) is 47.6 Å². The molecule has 208 valence electrons. The number of hydrogen-bond donors (Lipinski definition) is 1. The van der Waals surface area contributed by atoms with Gasteiger partial charge in [0.05, 0.1) is 31.3 Å². The average Bonchev–Trinajstić information content (AvgIpc) is 2.85. The first-order chi connectivity index (χ1) is 17.4. The highest BCUT2D eigenvalue weighted by atomic mass is 16.7. The van der Waals surface area contributed by atoms with Gasteiger partial charge in [0.25, 0.3) is 0 Å². The summed E-state index contributed by atoms with van der Waals surface area (Å²) in [6.07, 6.45) is 10.2. The lowest BCUT2D eigenvalue weighted by Crippen LogP contribution is -2.69. The minimum absolute atomic E-state index is 0.0221. The molecule has 0 aromatic rings. The Hall–Kier alpha value is -0.910. The van der Waals surface area contributed by atoms with Crippen LogP contribution >= 0.6 is 0 Å². The van der Waals surface area contributed by atoms with Crippen molar-refractivity contribution in [3.05, 3.63) is 11.6 Å². The van der Waals surface area contributed by atoms with Crippen LogP contribution in [0.4, 0.5) is 0 Å². The van der Waals surface area contributed by atoms with E-state index in [0.29, 0.717) is 37.1 Å². The number of carbonyl (C=O) groups is 1. The highest BCUT2D eigenvalue weighted by Crippen LogP contribution is 2.76. The summed E-state index contributed by atoms with van der Waals surface area (Å²) >= 11 is 0. The summed E-state index contributed by atoms with van der Waals surface area (Å²) in [7, 11) is 1.58. The van der Waals surface area contributed by atoms with Gasteiger partial charge in [-0.15, -0.1) is 0 Å². The Morgan fingerprint density at radius 2 is 1.78 bits per heavy atom. The van der Waals surface area contributed by atoms with Crippen molar-refractivity contribution in [3.8, 4) is 0 Å². The molecule has 5 fully saturated rings. The zero-order chi connectivity index (χ0) is 26.6. The van der Waals surface area contributed by atoms with Crippen molar-refractivity contribution in [3.63, 3.8) is 0 Å². The zero-order valence-corrected chi connectivity index (χ0v) is 24.3. The van der Waals surface area contributed by atoms with Gasteiger partial charge in [-0.2, -0.15) is 0 Å². The molecule has 6 aliphatic rings. The van der Waals surface area contributed by atoms with Crippen LogP contribution in [-0.2, 0) is 19.0 Å². The molecule has 0 amide bonds. The molecule has 5 nitrogen and oxygen atoms in total. The van der Waals surface area contributed by atoms with E-state index in [1.54, 1.807) is 12.7 Å². The largest absolute Gasteiger partial charge is 0.469 e. The fourth-order valence-corrected chi connectivity index (χ4v) is 11.8. The van der Waals surface area contributed by atoms with Gasteiger partial charge in [-0.05, 0) is 97.2 Å². The van der Waals surface area contributed by atoms with Crippen LogP contribution in [0.2, 0.25) is 0 Å². The minimum atomic E-state index is -0.451. The fraction of sp³-hybridized carbons (Fsp3) is 0.906. The quantitative estimate of drug-likeness (QED) is 0.336. The van der Waals surface area contributed by atoms with Crippen molar-refractivity contribution in [2.75, 3.05) is 20.5 Å². The molecule has 37 heavy (non-hydrogen) atoms. The second-order valence-electron chi connectivity index (χ2n) is 15.1. The maximum absolute atomic E-state index is 13.5. The number of carbonyl (C=O) groups excluding carboxylic acids is 1. The predicted molar refractivity (Wildman–Crippen MR) is 142 cm³/mol. The molecule has 0 bridgehead atoms. The number of hydrogen-bond acceptors (Lipinski definition) is 5. The Bertz CT molecular complexity index is 992. The summed E-state index contributed by atoms with van der Waals surface area (Å²) in [5.74, 6) is 2.33. The molecule has 0 radical (unpaired) electrons. The molecular weight excluding hydrogens is 464 g/mol. The summed E-state index contributed by atoms with van der Waals surface area (Å²) in [4.78, 5) is 13.5. The second kappa shape index (κ2) is 8.30. The summed E-state index contributed by atoms with van der Waals surface area (Å²) in [6.45, 7) is 15.7. The molecule has 0 spiro atoms. The zero-order valence-electron chi connectivity index (χ0n) is 24.3. The van der Waals surface area contributed by atoms with Crippen molar-refractivity contribution in [2.24, 2.45) is 56.7 Å². The van der Waals surface area contributed by atoms with Gasteiger partial charge in [0.1, 0.15) is 6.79 Å². The third kappa shape index (κ3) is 3.11. The van der Waals surface area contributed by atoms with E-state index < -0.39 is 6.10 Å². The molecule has 0 aromatic carbocycles. The van der Waals surface area contributed by atoms with E-state index in [-0.39, 0.29) is 45.1 Å². The summed E-state index contributed by atoms with van der Waals surface area (Å²) in [6, 6.07) is 0. The van der Waals surface area contributed by atoms with Crippen molar-refractivity contribution >= 4 is 5.97 Å². The van der Waals surface area contributed by atoms with Crippen LogP contribution in [0.15, 0.2) is 11.6 Å². The second-order valence-corrected chi connectivity index (χ2v) is 15.1. The first-order valence-electron chi connectivity index (χ1n) is 15.1. The van der Waals surface area contributed by atoms with Crippen LogP contribution in [0.25, 0.3) is 0 Å². The van der Waals surface area contributed by atoms with E-state index in [9.17, 15) is 9.90 Å². The number of aliphatic hydroxyl groups excluding tert-OH is 1. The molecule has 5 unspecified atom stereocenters. The number of fused-ring (bicyclic) bond motifs is 9. The van der Waals surface area contributed by atoms with Crippen LogP contribution in [0.1, 0.15) is 92.9 Å². The monoisotopic (exact) mass is 514 g/mol. The predicted octanol–water partition coefficient (Wildman–Crippen LogP) is 6.14. The van der Waals surface area contributed by atoms with E-state index in [0.717, 1.165) is 44.9 Å². The van der Waals surface area contributed by atoms with E-state index >= 15 is 0 Å². The molecule has 1 N–H and O–H groups in total. The Labute approximate surface area is 224 Å². The highest BCUT2D eigenvalue weighted by molar-refractivity contribution is 5.78.